The number of anilines is 1. The Morgan fingerprint density at radius 1 is 1.32 bits per heavy atom. The molecule has 5 nitrogen and oxygen atoms in total. The maximum Gasteiger partial charge on any atom is 0.255 e. The smallest absolute Gasteiger partial charge is 0.255 e. The van der Waals surface area contributed by atoms with Crippen LogP contribution in [0.3, 0.4) is 0 Å². The van der Waals surface area contributed by atoms with Crippen molar-refractivity contribution in [2.45, 2.75) is 13.0 Å². The third-order valence-corrected chi connectivity index (χ3v) is 2.78. The van der Waals surface area contributed by atoms with Crippen molar-refractivity contribution in [3.8, 4) is 0 Å². The van der Waals surface area contributed by atoms with Crippen LogP contribution in [-0.4, -0.2) is 49.5 Å². The van der Waals surface area contributed by atoms with Gasteiger partial charge in [0, 0.05) is 39.9 Å². The monoisotopic (exact) mass is 308 g/mol. The molecule has 0 radical (unpaired) electrons. The van der Waals surface area contributed by atoms with E-state index in [2.05, 4.69) is 4.98 Å². The number of amides is 1. The predicted octanol–water partition coefficient (Wildman–Crippen LogP) is 1.41. The maximum atomic E-state index is 12.0. The van der Waals surface area contributed by atoms with Gasteiger partial charge in [0.2, 0.25) is 0 Å². The van der Waals surface area contributed by atoms with E-state index in [9.17, 15) is 4.79 Å². The molecule has 1 unspecified atom stereocenters. The SMILES string of the molecule is CC(CN)N(C)C(=O)c1ccc(N(C)C)nc1.Cl.Cl. The van der Waals surface area contributed by atoms with Gasteiger partial charge in [-0.25, -0.2) is 4.98 Å². The minimum Gasteiger partial charge on any atom is -0.363 e. The van der Waals surface area contributed by atoms with Crippen molar-refractivity contribution in [2.75, 3.05) is 32.6 Å². The third-order valence-electron chi connectivity index (χ3n) is 2.78. The molecule has 0 aromatic carbocycles. The molecule has 0 bridgehead atoms. The van der Waals surface area contributed by atoms with Gasteiger partial charge in [0.1, 0.15) is 5.82 Å². The lowest BCUT2D eigenvalue weighted by atomic mass is 10.2. The molecule has 0 spiro atoms. The minimum atomic E-state index is -0.0549. The molecule has 1 amide bonds. The molecule has 0 aliphatic carbocycles. The van der Waals surface area contributed by atoms with Crippen LogP contribution >= 0.6 is 24.8 Å². The van der Waals surface area contributed by atoms with Crippen LogP contribution in [0.15, 0.2) is 18.3 Å². The maximum absolute atomic E-state index is 12.0. The van der Waals surface area contributed by atoms with Gasteiger partial charge in [0.15, 0.2) is 0 Å². The van der Waals surface area contributed by atoms with Gasteiger partial charge in [0.05, 0.1) is 5.56 Å². The second-order valence-corrected chi connectivity index (χ2v) is 4.30. The molecule has 1 heterocycles. The van der Waals surface area contributed by atoms with Crippen molar-refractivity contribution in [1.29, 1.82) is 0 Å². The van der Waals surface area contributed by atoms with Crippen molar-refractivity contribution in [2.24, 2.45) is 5.73 Å². The lowest BCUT2D eigenvalue weighted by Gasteiger charge is -2.23. The van der Waals surface area contributed by atoms with E-state index in [-0.39, 0.29) is 36.8 Å². The van der Waals surface area contributed by atoms with Gasteiger partial charge < -0.3 is 15.5 Å². The second kappa shape index (κ2) is 8.96. The third kappa shape index (κ3) is 5.22. The fraction of sp³-hybridized carbons (Fsp3) is 0.500. The number of nitrogens with zero attached hydrogens (tertiary/aromatic N) is 3. The molecule has 0 saturated carbocycles. The van der Waals surface area contributed by atoms with E-state index in [1.165, 1.54) is 0 Å². The minimum absolute atomic E-state index is 0. The first kappa shape index (κ1) is 20.3. The van der Waals surface area contributed by atoms with E-state index in [4.69, 9.17) is 5.73 Å². The van der Waals surface area contributed by atoms with Gasteiger partial charge in [-0.2, -0.15) is 0 Å². The van der Waals surface area contributed by atoms with E-state index in [0.29, 0.717) is 12.1 Å². The molecule has 1 atom stereocenters. The van der Waals surface area contributed by atoms with Crippen LogP contribution in [0.5, 0.6) is 0 Å². The summed E-state index contributed by atoms with van der Waals surface area (Å²) in [5, 5.41) is 0. The van der Waals surface area contributed by atoms with E-state index in [1.807, 2.05) is 32.0 Å². The predicted molar refractivity (Wildman–Crippen MR) is 83.7 cm³/mol. The Hall–Kier alpha value is -1.04. The average molecular weight is 309 g/mol. The molecule has 110 valence electrons. The zero-order valence-electron chi connectivity index (χ0n) is 11.7. The Morgan fingerprint density at radius 3 is 2.26 bits per heavy atom. The van der Waals surface area contributed by atoms with E-state index in [0.717, 1.165) is 5.82 Å². The number of rotatable bonds is 4. The van der Waals surface area contributed by atoms with Gasteiger partial charge >= 0.3 is 0 Å². The Balaban J connectivity index is 0. The molecule has 0 aliphatic heterocycles. The molecular weight excluding hydrogens is 287 g/mol. The van der Waals surface area contributed by atoms with Crippen LogP contribution in [0, 0.1) is 0 Å². The molecule has 0 aliphatic rings. The Bertz CT molecular complexity index is 384. The second-order valence-electron chi connectivity index (χ2n) is 4.30. The largest absolute Gasteiger partial charge is 0.363 e. The fourth-order valence-corrected chi connectivity index (χ4v) is 1.34. The summed E-state index contributed by atoms with van der Waals surface area (Å²) in [5.41, 5.74) is 6.12. The molecule has 2 N–H and O–H groups in total. The van der Waals surface area contributed by atoms with Crippen LogP contribution in [0.1, 0.15) is 17.3 Å². The van der Waals surface area contributed by atoms with Gasteiger partial charge in [-0.15, -0.1) is 24.8 Å². The first-order valence-corrected chi connectivity index (χ1v) is 5.58. The van der Waals surface area contributed by atoms with Crippen molar-refractivity contribution in [1.82, 2.24) is 9.88 Å². The zero-order chi connectivity index (χ0) is 13.0. The van der Waals surface area contributed by atoms with Crippen LogP contribution < -0.4 is 10.6 Å². The highest BCUT2D eigenvalue weighted by molar-refractivity contribution is 5.94. The van der Waals surface area contributed by atoms with Gasteiger partial charge in [-0.1, -0.05) is 0 Å². The van der Waals surface area contributed by atoms with Gasteiger partial charge in [0.25, 0.3) is 5.91 Å². The Morgan fingerprint density at radius 2 is 1.89 bits per heavy atom. The highest BCUT2D eigenvalue weighted by Crippen LogP contribution is 2.10. The number of carbonyl (C=O) groups excluding carboxylic acids is 1. The van der Waals surface area contributed by atoms with E-state index >= 15 is 0 Å². The standard InChI is InChI=1S/C12H20N4O.2ClH/c1-9(7-13)16(4)12(17)10-5-6-11(14-8-10)15(2)3;;/h5-6,8-9H,7,13H2,1-4H3;2*1H. The van der Waals surface area contributed by atoms with Gasteiger partial charge in [-0.3, -0.25) is 4.79 Å². The first-order valence-electron chi connectivity index (χ1n) is 5.58. The quantitative estimate of drug-likeness (QED) is 0.913. The topological polar surface area (TPSA) is 62.5 Å². The lowest BCUT2D eigenvalue weighted by molar-refractivity contribution is 0.0748. The molecular formula is C12H22Cl2N4O. The van der Waals surface area contributed by atoms with Crippen LogP contribution in [0.25, 0.3) is 0 Å². The number of halogens is 2. The van der Waals surface area contributed by atoms with Crippen molar-refractivity contribution in [3.05, 3.63) is 23.9 Å². The number of nitrogens with two attached hydrogens (primary N) is 1. The molecule has 0 saturated heterocycles. The summed E-state index contributed by atoms with van der Waals surface area (Å²) < 4.78 is 0. The van der Waals surface area contributed by atoms with Crippen LogP contribution in [-0.2, 0) is 0 Å². The summed E-state index contributed by atoms with van der Waals surface area (Å²) in [6.07, 6.45) is 1.59. The number of aromatic nitrogens is 1. The molecule has 1 rings (SSSR count). The van der Waals surface area contributed by atoms with Crippen molar-refractivity contribution in [3.63, 3.8) is 0 Å². The number of hydrogen-bond donors (Lipinski definition) is 1. The normalized spacial score (nSPS) is 10.8. The zero-order valence-corrected chi connectivity index (χ0v) is 13.3. The fourth-order valence-electron chi connectivity index (χ4n) is 1.34. The number of likely N-dealkylation sites (N-methyl/N-ethyl adjacent to an activating group) is 1. The summed E-state index contributed by atoms with van der Waals surface area (Å²) in [7, 11) is 5.57. The molecule has 7 heteroatoms. The highest BCUT2D eigenvalue weighted by atomic mass is 35.5. The average Bonchev–Trinajstić information content (AvgIpc) is 2.36. The molecule has 1 aromatic rings. The lowest BCUT2D eigenvalue weighted by Crippen LogP contribution is -2.39. The summed E-state index contributed by atoms with van der Waals surface area (Å²) in [4.78, 5) is 19.8. The summed E-state index contributed by atoms with van der Waals surface area (Å²) in [6, 6.07) is 3.63. The van der Waals surface area contributed by atoms with E-state index in [1.54, 1.807) is 24.2 Å². The van der Waals surface area contributed by atoms with Crippen molar-refractivity contribution < 1.29 is 4.79 Å². The molecule has 0 fully saturated rings. The summed E-state index contributed by atoms with van der Waals surface area (Å²) in [5.74, 6) is 0.775. The summed E-state index contributed by atoms with van der Waals surface area (Å²) in [6.45, 7) is 2.37. The van der Waals surface area contributed by atoms with Crippen molar-refractivity contribution >= 4 is 36.5 Å². The molecule has 1 aromatic heterocycles. The van der Waals surface area contributed by atoms with Crippen LogP contribution in [0.4, 0.5) is 5.82 Å². The number of carbonyl (C=O) groups is 1. The number of hydrogen-bond acceptors (Lipinski definition) is 4. The Kier molecular flexibility index (Phi) is 9.56. The highest BCUT2D eigenvalue weighted by Gasteiger charge is 2.16. The van der Waals surface area contributed by atoms with Gasteiger partial charge in [-0.05, 0) is 19.1 Å². The Labute approximate surface area is 127 Å². The van der Waals surface area contributed by atoms with E-state index < -0.39 is 0 Å². The van der Waals surface area contributed by atoms with Crippen LogP contribution in [0.2, 0.25) is 0 Å². The number of pyridine rings is 1. The summed E-state index contributed by atoms with van der Waals surface area (Å²) >= 11 is 0. The molecule has 19 heavy (non-hydrogen) atoms. The first-order chi connectivity index (χ1) is 7.97.